The van der Waals surface area contributed by atoms with Crippen LogP contribution >= 0.6 is 0 Å². The predicted molar refractivity (Wildman–Crippen MR) is 133 cm³/mol. The Morgan fingerprint density at radius 3 is 2.70 bits per heavy atom. The summed E-state index contributed by atoms with van der Waals surface area (Å²) in [6.45, 7) is 16.2. The molecule has 1 fully saturated rings. The highest BCUT2D eigenvalue weighted by molar-refractivity contribution is 6.31. The van der Waals surface area contributed by atoms with Gasteiger partial charge in [0.15, 0.2) is 0 Å². The van der Waals surface area contributed by atoms with Crippen LogP contribution in [0, 0.1) is 17.2 Å². The summed E-state index contributed by atoms with van der Waals surface area (Å²) in [7, 11) is 0. The zero-order valence-corrected chi connectivity index (χ0v) is 19.9. The van der Waals surface area contributed by atoms with Crippen LogP contribution in [-0.2, 0) is 9.59 Å². The third kappa shape index (κ3) is 7.53. The number of anilines is 1. The summed E-state index contributed by atoms with van der Waals surface area (Å²) in [4.78, 5) is 25.2. The monoisotopic (exact) mass is 449 g/mol. The van der Waals surface area contributed by atoms with E-state index in [9.17, 15) is 9.59 Å². The molecule has 7 nitrogen and oxygen atoms in total. The Hall–Kier alpha value is -3.53. The van der Waals surface area contributed by atoms with Crippen molar-refractivity contribution in [3.05, 3.63) is 60.5 Å². The van der Waals surface area contributed by atoms with Crippen LogP contribution in [0.25, 0.3) is 5.57 Å². The van der Waals surface area contributed by atoms with E-state index in [0.29, 0.717) is 23.0 Å². The van der Waals surface area contributed by atoms with E-state index in [1.54, 1.807) is 24.4 Å². The van der Waals surface area contributed by atoms with E-state index in [-0.39, 0.29) is 11.9 Å². The number of nitrogens with zero attached hydrogens (tertiary/aromatic N) is 2. The third-order valence-electron chi connectivity index (χ3n) is 5.47. The highest BCUT2D eigenvalue weighted by Crippen LogP contribution is 2.33. The van der Waals surface area contributed by atoms with Gasteiger partial charge in [0, 0.05) is 54.6 Å². The number of amides is 2. The minimum absolute atomic E-state index is 0.0138. The number of benzene rings is 1. The number of carbonyl (C=O) groups excluding carboxylic acids is 2. The lowest BCUT2D eigenvalue weighted by molar-refractivity contribution is -0.127. The van der Waals surface area contributed by atoms with Crippen LogP contribution in [0.1, 0.15) is 51.2 Å². The second-order valence-corrected chi connectivity index (χ2v) is 8.60. The molecule has 1 saturated heterocycles. The molecule has 2 heterocycles. The number of hydrogen-bond acceptors (Lipinski definition) is 5. The summed E-state index contributed by atoms with van der Waals surface area (Å²) in [6, 6.07) is 7.33. The molecule has 1 atom stereocenters. The van der Waals surface area contributed by atoms with Crippen LogP contribution in [0.3, 0.4) is 0 Å². The van der Waals surface area contributed by atoms with E-state index < -0.39 is 0 Å². The largest absolute Gasteiger partial charge is 0.391 e. The standard InChI is InChI=1S/C17H19N3O.C9H16N2O/c1-10(2)16(19-11(3)4)8-14-13-7-12(9-18)5-6-15(13)20-17(14)21;1-2-10-6-4-8-11-7-3-5-9(11)12/h5-8,10,16,19H,3H2,1-2,4H3,(H,20,21);2,10H,1,3-8H2/b14-8-;. The van der Waals surface area contributed by atoms with Crippen molar-refractivity contribution in [2.24, 2.45) is 5.92 Å². The summed E-state index contributed by atoms with van der Waals surface area (Å²) in [5, 5.41) is 18.1. The molecule has 3 N–H and O–H groups in total. The van der Waals surface area contributed by atoms with Crippen molar-refractivity contribution in [2.75, 3.05) is 25.0 Å². The molecule has 1 unspecified atom stereocenters. The van der Waals surface area contributed by atoms with Gasteiger partial charge in [0.2, 0.25) is 5.91 Å². The predicted octanol–water partition coefficient (Wildman–Crippen LogP) is 3.77. The molecular weight excluding hydrogens is 414 g/mol. The Labute approximate surface area is 197 Å². The molecule has 0 bridgehead atoms. The topological polar surface area (TPSA) is 97.3 Å². The average molecular weight is 450 g/mol. The van der Waals surface area contributed by atoms with Crippen molar-refractivity contribution in [3.63, 3.8) is 0 Å². The van der Waals surface area contributed by atoms with Crippen molar-refractivity contribution in [1.29, 1.82) is 5.26 Å². The minimum atomic E-state index is -0.130. The van der Waals surface area contributed by atoms with Gasteiger partial charge in [-0.25, -0.2) is 0 Å². The van der Waals surface area contributed by atoms with E-state index in [1.165, 1.54) is 0 Å². The quantitative estimate of drug-likeness (QED) is 0.394. The maximum atomic E-state index is 12.2. The number of nitrogens with one attached hydrogen (secondary N) is 3. The van der Waals surface area contributed by atoms with Gasteiger partial charge >= 0.3 is 0 Å². The molecule has 1 aromatic carbocycles. The third-order valence-corrected chi connectivity index (χ3v) is 5.47. The Bertz CT molecular complexity index is 958. The maximum absolute atomic E-state index is 12.2. The first kappa shape index (κ1) is 25.7. The first-order chi connectivity index (χ1) is 15.8. The van der Waals surface area contributed by atoms with Crippen LogP contribution in [0.5, 0.6) is 0 Å². The van der Waals surface area contributed by atoms with Gasteiger partial charge in [0.1, 0.15) is 0 Å². The number of likely N-dealkylation sites (tertiary alicyclic amines) is 1. The van der Waals surface area contributed by atoms with E-state index in [0.717, 1.165) is 55.8 Å². The van der Waals surface area contributed by atoms with E-state index in [1.807, 2.05) is 17.9 Å². The Morgan fingerprint density at radius 2 is 2.12 bits per heavy atom. The molecule has 2 amide bonds. The Morgan fingerprint density at radius 1 is 1.36 bits per heavy atom. The molecule has 0 saturated carbocycles. The fraction of sp³-hybridized carbons (Fsp3) is 0.423. The SMILES string of the molecule is C=C(C)NC(/C=C1\C(=O)Nc2ccc(C#N)cc21)C(C)C.C=CNCCCN1CCCC1=O. The smallest absolute Gasteiger partial charge is 0.256 e. The highest BCUT2D eigenvalue weighted by atomic mass is 16.2. The first-order valence-corrected chi connectivity index (χ1v) is 11.4. The normalized spacial score (nSPS) is 16.5. The highest BCUT2D eigenvalue weighted by Gasteiger charge is 2.26. The number of nitriles is 1. The van der Waals surface area contributed by atoms with Crippen molar-refractivity contribution >= 4 is 23.1 Å². The van der Waals surface area contributed by atoms with Gasteiger partial charge in [0.25, 0.3) is 5.91 Å². The number of rotatable bonds is 9. The van der Waals surface area contributed by atoms with Gasteiger partial charge in [-0.3, -0.25) is 9.59 Å². The van der Waals surface area contributed by atoms with Gasteiger partial charge in [-0.1, -0.05) is 27.0 Å². The van der Waals surface area contributed by atoms with E-state index in [2.05, 4.69) is 49.0 Å². The number of carbonyl (C=O) groups is 2. The second-order valence-electron chi connectivity index (χ2n) is 8.60. The lowest BCUT2D eigenvalue weighted by Crippen LogP contribution is -2.30. The van der Waals surface area contributed by atoms with Crippen LogP contribution < -0.4 is 16.0 Å². The van der Waals surface area contributed by atoms with E-state index in [4.69, 9.17) is 5.26 Å². The molecule has 0 aromatic heterocycles. The van der Waals surface area contributed by atoms with E-state index >= 15 is 0 Å². The zero-order chi connectivity index (χ0) is 24.4. The fourth-order valence-corrected chi connectivity index (χ4v) is 3.70. The lowest BCUT2D eigenvalue weighted by atomic mass is 9.97. The number of fused-ring (bicyclic) bond motifs is 1. The zero-order valence-electron chi connectivity index (χ0n) is 19.9. The maximum Gasteiger partial charge on any atom is 0.256 e. The molecule has 1 aromatic rings. The van der Waals surface area contributed by atoms with Crippen LogP contribution in [0.2, 0.25) is 0 Å². The van der Waals surface area contributed by atoms with Gasteiger partial charge in [0.05, 0.1) is 11.6 Å². The lowest BCUT2D eigenvalue weighted by Gasteiger charge is -2.20. The number of hydrogen-bond donors (Lipinski definition) is 3. The second kappa shape index (κ2) is 12.5. The van der Waals surface area contributed by atoms with Crippen LogP contribution in [0.15, 0.2) is 49.3 Å². The molecule has 176 valence electrons. The van der Waals surface area contributed by atoms with Crippen LogP contribution in [0.4, 0.5) is 5.69 Å². The molecule has 2 aliphatic heterocycles. The molecule has 0 spiro atoms. The molecule has 2 aliphatic rings. The summed E-state index contributed by atoms with van der Waals surface area (Å²) in [5.41, 5.74) is 3.55. The number of allylic oxidation sites excluding steroid dienone is 1. The summed E-state index contributed by atoms with van der Waals surface area (Å²) in [6.07, 6.45) is 6.40. The molecule has 0 aliphatic carbocycles. The van der Waals surface area contributed by atoms with Crippen molar-refractivity contribution in [2.45, 2.75) is 46.1 Å². The first-order valence-electron chi connectivity index (χ1n) is 11.4. The van der Waals surface area contributed by atoms with Gasteiger partial charge in [-0.15, -0.1) is 0 Å². The minimum Gasteiger partial charge on any atom is -0.391 e. The van der Waals surface area contributed by atoms with Gasteiger partial charge < -0.3 is 20.9 Å². The van der Waals surface area contributed by atoms with Crippen LogP contribution in [-0.4, -0.2) is 42.4 Å². The van der Waals surface area contributed by atoms with Gasteiger partial charge in [-0.2, -0.15) is 5.26 Å². The molecule has 7 heteroatoms. The van der Waals surface area contributed by atoms with Crippen molar-refractivity contribution in [1.82, 2.24) is 15.5 Å². The Kier molecular flexibility index (Phi) is 9.74. The fourth-order valence-electron chi connectivity index (χ4n) is 3.70. The van der Waals surface area contributed by atoms with Crippen molar-refractivity contribution in [3.8, 4) is 6.07 Å². The average Bonchev–Trinajstić information content (AvgIpc) is 3.32. The summed E-state index contributed by atoms with van der Waals surface area (Å²) in [5.74, 6) is 0.494. The Balaban J connectivity index is 0.000000273. The molecule has 0 radical (unpaired) electrons. The van der Waals surface area contributed by atoms with Gasteiger partial charge in [-0.05, 0) is 56.2 Å². The molecule has 33 heavy (non-hydrogen) atoms. The molecule has 3 rings (SSSR count). The molecular formula is C26H35N5O2. The summed E-state index contributed by atoms with van der Waals surface area (Å²) >= 11 is 0. The van der Waals surface area contributed by atoms with Crippen molar-refractivity contribution < 1.29 is 9.59 Å². The summed E-state index contributed by atoms with van der Waals surface area (Å²) < 4.78 is 0.